The van der Waals surface area contributed by atoms with E-state index in [0.29, 0.717) is 16.9 Å². The van der Waals surface area contributed by atoms with E-state index in [2.05, 4.69) is 30.9 Å². The van der Waals surface area contributed by atoms with Crippen molar-refractivity contribution in [1.82, 2.24) is 15.0 Å². The SMILES string of the molecule is CCOC(=O)CSc1nc2ncc(Br)nc2s1. The number of rotatable bonds is 4. The lowest BCUT2D eigenvalue weighted by molar-refractivity contribution is -0.139. The highest BCUT2D eigenvalue weighted by Crippen LogP contribution is 2.27. The van der Waals surface area contributed by atoms with Gasteiger partial charge in [-0.2, -0.15) is 0 Å². The highest BCUT2D eigenvalue weighted by Gasteiger charge is 2.10. The molecule has 0 fully saturated rings. The summed E-state index contributed by atoms with van der Waals surface area (Å²) in [4.78, 5) is 24.6. The average Bonchev–Trinajstić information content (AvgIpc) is 2.68. The molecule has 2 aromatic heterocycles. The molecule has 0 amide bonds. The number of esters is 1. The maximum absolute atomic E-state index is 11.2. The standard InChI is InChI=1S/C9H8BrN3O2S2/c1-2-15-6(14)4-16-9-13-7-8(17-9)12-5(10)3-11-7/h3H,2,4H2,1H3. The Balaban J connectivity index is 2.07. The van der Waals surface area contributed by atoms with Gasteiger partial charge in [-0.3, -0.25) is 4.79 Å². The number of ether oxygens (including phenoxy) is 1. The van der Waals surface area contributed by atoms with Crippen LogP contribution < -0.4 is 0 Å². The van der Waals surface area contributed by atoms with Gasteiger partial charge in [-0.25, -0.2) is 15.0 Å². The molecule has 0 aromatic carbocycles. The van der Waals surface area contributed by atoms with Crippen molar-refractivity contribution in [2.45, 2.75) is 11.3 Å². The molecule has 0 unspecified atom stereocenters. The summed E-state index contributed by atoms with van der Waals surface area (Å²) in [7, 11) is 0. The third-order valence-corrected chi connectivity index (χ3v) is 4.13. The summed E-state index contributed by atoms with van der Waals surface area (Å²) in [5, 5.41) is 0. The topological polar surface area (TPSA) is 65.0 Å². The molecule has 0 aliphatic carbocycles. The van der Waals surface area contributed by atoms with E-state index < -0.39 is 0 Å². The summed E-state index contributed by atoms with van der Waals surface area (Å²) in [5.74, 6) is 0.0216. The Kier molecular flexibility index (Phi) is 4.30. The van der Waals surface area contributed by atoms with Gasteiger partial charge in [-0.15, -0.1) is 0 Å². The Morgan fingerprint density at radius 1 is 1.59 bits per heavy atom. The van der Waals surface area contributed by atoms with Gasteiger partial charge in [-0.05, 0) is 22.9 Å². The van der Waals surface area contributed by atoms with Crippen LogP contribution in [0, 0.1) is 0 Å². The van der Waals surface area contributed by atoms with E-state index in [0.717, 1.165) is 9.17 Å². The molecule has 90 valence electrons. The first-order chi connectivity index (χ1) is 8.19. The van der Waals surface area contributed by atoms with Crippen LogP contribution in [0.5, 0.6) is 0 Å². The molecule has 0 aliphatic rings. The lowest BCUT2D eigenvalue weighted by Crippen LogP contribution is -2.06. The van der Waals surface area contributed by atoms with Crippen molar-refractivity contribution in [3.8, 4) is 0 Å². The van der Waals surface area contributed by atoms with Gasteiger partial charge < -0.3 is 4.74 Å². The first-order valence-corrected chi connectivity index (χ1v) is 7.36. The number of nitrogens with zero attached hydrogens (tertiary/aromatic N) is 3. The summed E-state index contributed by atoms with van der Waals surface area (Å²) in [6.45, 7) is 2.18. The number of hydrogen-bond acceptors (Lipinski definition) is 7. The Bertz CT molecular complexity index is 546. The molecule has 5 nitrogen and oxygen atoms in total. The quantitative estimate of drug-likeness (QED) is 0.632. The number of carbonyl (C=O) groups is 1. The lowest BCUT2D eigenvalue weighted by atomic mass is 10.7. The smallest absolute Gasteiger partial charge is 0.316 e. The number of carbonyl (C=O) groups excluding carboxylic acids is 1. The van der Waals surface area contributed by atoms with E-state index in [1.165, 1.54) is 23.1 Å². The second-order valence-electron chi connectivity index (χ2n) is 2.89. The molecule has 0 saturated carbocycles. The second-order valence-corrected chi connectivity index (χ2v) is 5.91. The van der Waals surface area contributed by atoms with Crippen LogP contribution in [-0.4, -0.2) is 33.3 Å². The fraction of sp³-hybridized carbons (Fsp3) is 0.333. The lowest BCUT2D eigenvalue weighted by Gasteiger charge is -1.98. The van der Waals surface area contributed by atoms with E-state index in [-0.39, 0.29) is 11.7 Å². The first kappa shape index (κ1) is 12.7. The van der Waals surface area contributed by atoms with Gasteiger partial charge in [0, 0.05) is 0 Å². The zero-order valence-electron chi connectivity index (χ0n) is 8.84. The third kappa shape index (κ3) is 3.36. The maximum Gasteiger partial charge on any atom is 0.316 e. The van der Waals surface area contributed by atoms with Crippen LogP contribution in [-0.2, 0) is 9.53 Å². The molecule has 0 radical (unpaired) electrons. The van der Waals surface area contributed by atoms with E-state index in [9.17, 15) is 4.79 Å². The van der Waals surface area contributed by atoms with E-state index >= 15 is 0 Å². The molecule has 0 aliphatic heterocycles. The van der Waals surface area contributed by atoms with Gasteiger partial charge in [0.05, 0.1) is 18.6 Å². The number of hydrogen-bond donors (Lipinski definition) is 0. The minimum absolute atomic E-state index is 0.237. The zero-order chi connectivity index (χ0) is 12.3. The molecular weight excluding hydrogens is 326 g/mol. The van der Waals surface area contributed by atoms with Gasteiger partial charge in [0.15, 0.2) is 14.8 Å². The molecule has 0 atom stereocenters. The average molecular weight is 334 g/mol. The van der Waals surface area contributed by atoms with E-state index in [1.54, 1.807) is 13.1 Å². The fourth-order valence-electron chi connectivity index (χ4n) is 1.07. The van der Waals surface area contributed by atoms with Crippen LogP contribution in [0.1, 0.15) is 6.92 Å². The maximum atomic E-state index is 11.2. The van der Waals surface area contributed by atoms with Crippen LogP contribution in [0.3, 0.4) is 0 Å². The van der Waals surface area contributed by atoms with Crippen LogP contribution in [0.25, 0.3) is 10.5 Å². The predicted octanol–water partition coefficient (Wildman–Crippen LogP) is 2.50. The van der Waals surface area contributed by atoms with Crippen molar-refractivity contribution in [2.75, 3.05) is 12.4 Å². The molecule has 0 saturated heterocycles. The second kappa shape index (κ2) is 5.74. The van der Waals surface area contributed by atoms with Crippen molar-refractivity contribution in [2.24, 2.45) is 0 Å². The molecular formula is C9H8BrN3O2S2. The highest BCUT2D eigenvalue weighted by atomic mass is 79.9. The number of thiazole rings is 1. The molecule has 2 rings (SSSR count). The Labute approximate surface area is 114 Å². The number of aromatic nitrogens is 3. The van der Waals surface area contributed by atoms with Crippen molar-refractivity contribution in [3.05, 3.63) is 10.8 Å². The van der Waals surface area contributed by atoms with Crippen molar-refractivity contribution >= 4 is 55.5 Å². The fourth-order valence-corrected chi connectivity index (χ4v) is 3.22. The summed E-state index contributed by atoms with van der Waals surface area (Å²) in [6.07, 6.45) is 1.60. The summed E-state index contributed by atoms with van der Waals surface area (Å²) in [5.41, 5.74) is 0.601. The summed E-state index contributed by atoms with van der Waals surface area (Å²) >= 11 is 6.00. The molecule has 0 bridgehead atoms. The van der Waals surface area contributed by atoms with Gasteiger partial charge in [0.2, 0.25) is 0 Å². The van der Waals surface area contributed by atoms with Crippen LogP contribution in [0.2, 0.25) is 0 Å². The number of thioether (sulfide) groups is 1. The Hall–Kier alpha value is -0.730. The molecule has 17 heavy (non-hydrogen) atoms. The minimum atomic E-state index is -0.237. The van der Waals surface area contributed by atoms with Gasteiger partial charge in [0.25, 0.3) is 0 Å². The zero-order valence-corrected chi connectivity index (χ0v) is 12.1. The predicted molar refractivity (Wildman–Crippen MR) is 70.3 cm³/mol. The van der Waals surface area contributed by atoms with Gasteiger partial charge in [-0.1, -0.05) is 23.1 Å². The van der Waals surface area contributed by atoms with Crippen LogP contribution >= 0.6 is 39.0 Å². The Morgan fingerprint density at radius 3 is 3.18 bits per heavy atom. The summed E-state index contributed by atoms with van der Waals surface area (Å²) < 4.78 is 6.28. The van der Waals surface area contributed by atoms with Crippen molar-refractivity contribution in [1.29, 1.82) is 0 Å². The van der Waals surface area contributed by atoms with Gasteiger partial charge >= 0.3 is 5.97 Å². The third-order valence-electron chi connectivity index (χ3n) is 1.69. The number of halogens is 1. The van der Waals surface area contributed by atoms with Crippen molar-refractivity contribution < 1.29 is 9.53 Å². The van der Waals surface area contributed by atoms with Crippen LogP contribution in [0.15, 0.2) is 15.1 Å². The van der Waals surface area contributed by atoms with Crippen LogP contribution in [0.4, 0.5) is 0 Å². The first-order valence-electron chi connectivity index (χ1n) is 4.76. The molecule has 2 aromatic rings. The monoisotopic (exact) mass is 333 g/mol. The number of fused-ring (bicyclic) bond motifs is 1. The minimum Gasteiger partial charge on any atom is -0.465 e. The molecule has 8 heteroatoms. The highest BCUT2D eigenvalue weighted by molar-refractivity contribution is 9.10. The van der Waals surface area contributed by atoms with E-state index in [1.807, 2.05) is 0 Å². The van der Waals surface area contributed by atoms with E-state index in [4.69, 9.17) is 4.74 Å². The van der Waals surface area contributed by atoms with Crippen molar-refractivity contribution in [3.63, 3.8) is 0 Å². The Morgan fingerprint density at radius 2 is 2.41 bits per heavy atom. The summed E-state index contributed by atoms with van der Waals surface area (Å²) in [6, 6.07) is 0. The molecule has 0 spiro atoms. The normalized spacial score (nSPS) is 10.7. The molecule has 2 heterocycles. The largest absolute Gasteiger partial charge is 0.465 e. The van der Waals surface area contributed by atoms with Gasteiger partial charge in [0.1, 0.15) is 4.60 Å². The molecule has 0 N–H and O–H groups in total.